The summed E-state index contributed by atoms with van der Waals surface area (Å²) in [5.74, 6) is -0.905. The molecule has 0 spiro atoms. The molecule has 1 aliphatic rings. The van der Waals surface area contributed by atoms with Crippen molar-refractivity contribution in [3.8, 4) is 0 Å². The van der Waals surface area contributed by atoms with Gasteiger partial charge in [0, 0.05) is 19.6 Å². The highest BCUT2D eigenvalue weighted by atomic mass is 16.4. The minimum atomic E-state index is -0.905. The van der Waals surface area contributed by atoms with Gasteiger partial charge in [0.25, 0.3) is 0 Å². The van der Waals surface area contributed by atoms with Crippen LogP contribution in [0.15, 0.2) is 18.2 Å². The van der Waals surface area contributed by atoms with Crippen molar-refractivity contribution in [1.82, 2.24) is 10.2 Å². The first-order valence-electron chi connectivity index (χ1n) is 7.15. The molecule has 2 N–H and O–H groups in total. The highest BCUT2D eigenvalue weighted by molar-refractivity contribution is 5.90. The minimum Gasteiger partial charge on any atom is -0.478 e. The second-order valence-corrected chi connectivity index (χ2v) is 6.64. The Morgan fingerprint density at radius 1 is 1.33 bits per heavy atom. The number of carboxylic acids is 1. The van der Waals surface area contributed by atoms with Crippen molar-refractivity contribution in [2.45, 2.75) is 33.7 Å². The molecule has 1 heterocycles. The van der Waals surface area contributed by atoms with Crippen molar-refractivity contribution in [1.29, 1.82) is 0 Å². The molecule has 0 bridgehead atoms. The van der Waals surface area contributed by atoms with Crippen LogP contribution in [0.25, 0.3) is 0 Å². The molecule has 0 aromatic heterocycles. The van der Waals surface area contributed by atoms with Crippen LogP contribution >= 0.6 is 0 Å². The summed E-state index contributed by atoms with van der Waals surface area (Å²) in [7, 11) is 0. The first-order chi connectivity index (χ1) is 9.78. The van der Waals surface area contributed by atoms with E-state index in [1.165, 1.54) is 0 Å². The maximum atomic E-state index is 12.2. The molecule has 1 aromatic carbocycles. The molecule has 0 fully saturated rings. The molecule has 0 unspecified atom stereocenters. The SMILES string of the molecule is CC(C)(C)CNC(=O)N1CCc2c(cccc2C(=O)O)C1. The molecule has 0 radical (unpaired) electrons. The zero-order valence-electron chi connectivity index (χ0n) is 12.8. The normalized spacial score (nSPS) is 14.5. The number of nitrogens with zero attached hydrogens (tertiary/aromatic N) is 1. The van der Waals surface area contributed by atoms with Crippen molar-refractivity contribution >= 4 is 12.0 Å². The number of nitrogens with one attached hydrogen (secondary N) is 1. The number of urea groups is 1. The Bertz CT molecular complexity index is 561. The molecule has 1 aromatic rings. The zero-order chi connectivity index (χ0) is 15.6. The lowest BCUT2D eigenvalue weighted by Gasteiger charge is -2.31. The third-order valence-electron chi connectivity index (χ3n) is 3.55. The third kappa shape index (κ3) is 3.74. The largest absolute Gasteiger partial charge is 0.478 e. The third-order valence-corrected chi connectivity index (χ3v) is 3.55. The Hall–Kier alpha value is -2.04. The highest BCUT2D eigenvalue weighted by Gasteiger charge is 2.24. The average molecular weight is 290 g/mol. The molecule has 0 saturated carbocycles. The molecular formula is C16H22N2O3. The summed E-state index contributed by atoms with van der Waals surface area (Å²) in [6.45, 7) is 7.83. The van der Waals surface area contributed by atoms with Crippen molar-refractivity contribution in [2.75, 3.05) is 13.1 Å². The highest BCUT2D eigenvalue weighted by Crippen LogP contribution is 2.23. The second-order valence-electron chi connectivity index (χ2n) is 6.64. The van der Waals surface area contributed by atoms with E-state index in [-0.39, 0.29) is 11.4 Å². The molecular weight excluding hydrogens is 268 g/mol. The summed E-state index contributed by atoms with van der Waals surface area (Å²) in [4.78, 5) is 25.1. The lowest BCUT2D eigenvalue weighted by molar-refractivity contribution is 0.0695. The Balaban J connectivity index is 2.08. The van der Waals surface area contributed by atoms with E-state index in [1.54, 1.807) is 17.0 Å². The number of rotatable bonds is 2. The van der Waals surface area contributed by atoms with Crippen LogP contribution in [-0.2, 0) is 13.0 Å². The van der Waals surface area contributed by atoms with Crippen LogP contribution in [0.2, 0.25) is 0 Å². The fourth-order valence-corrected chi connectivity index (χ4v) is 2.44. The van der Waals surface area contributed by atoms with Crippen molar-refractivity contribution < 1.29 is 14.7 Å². The number of hydrogen-bond acceptors (Lipinski definition) is 2. The van der Waals surface area contributed by atoms with Crippen molar-refractivity contribution in [2.24, 2.45) is 5.41 Å². The number of aromatic carboxylic acids is 1. The zero-order valence-corrected chi connectivity index (χ0v) is 12.8. The van der Waals surface area contributed by atoms with Gasteiger partial charge in [-0.05, 0) is 29.0 Å². The number of carbonyl (C=O) groups is 2. The summed E-state index contributed by atoms with van der Waals surface area (Å²) >= 11 is 0. The quantitative estimate of drug-likeness (QED) is 0.879. The topological polar surface area (TPSA) is 69.6 Å². The van der Waals surface area contributed by atoms with Crippen LogP contribution in [0.1, 0.15) is 42.3 Å². The van der Waals surface area contributed by atoms with Crippen LogP contribution in [0.4, 0.5) is 4.79 Å². The summed E-state index contributed by atoms with van der Waals surface area (Å²) in [6, 6.07) is 5.16. The lowest BCUT2D eigenvalue weighted by atomic mass is 9.94. The van der Waals surface area contributed by atoms with E-state index in [1.807, 2.05) is 6.07 Å². The van der Waals surface area contributed by atoms with Gasteiger partial charge in [-0.1, -0.05) is 32.9 Å². The van der Waals surface area contributed by atoms with E-state index in [9.17, 15) is 14.7 Å². The monoisotopic (exact) mass is 290 g/mol. The maximum Gasteiger partial charge on any atom is 0.335 e. The number of benzene rings is 1. The summed E-state index contributed by atoms with van der Waals surface area (Å²) in [5, 5.41) is 12.1. The van der Waals surface area contributed by atoms with Crippen LogP contribution in [-0.4, -0.2) is 35.1 Å². The van der Waals surface area contributed by atoms with Crippen LogP contribution in [0.5, 0.6) is 0 Å². The first kappa shape index (κ1) is 15.4. The van der Waals surface area contributed by atoms with Crippen LogP contribution in [0.3, 0.4) is 0 Å². The van der Waals surface area contributed by atoms with Gasteiger partial charge in [-0.25, -0.2) is 9.59 Å². The molecule has 0 aliphatic carbocycles. The van der Waals surface area contributed by atoms with E-state index in [0.29, 0.717) is 31.6 Å². The Labute approximate surface area is 125 Å². The first-order valence-corrected chi connectivity index (χ1v) is 7.15. The number of carbonyl (C=O) groups excluding carboxylic acids is 1. The summed E-state index contributed by atoms with van der Waals surface area (Å²) in [6.07, 6.45) is 0.584. The standard InChI is InChI=1S/C16H22N2O3/c1-16(2,3)10-17-15(21)18-8-7-12-11(9-18)5-4-6-13(12)14(19)20/h4-6H,7-10H2,1-3H3,(H,17,21)(H,19,20). The van der Waals surface area contributed by atoms with Gasteiger partial charge < -0.3 is 15.3 Å². The number of carboxylic acid groups (broad SMARTS) is 1. The van der Waals surface area contributed by atoms with Gasteiger partial charge >= 0.3 is 12.0 Å². The van der Waals surface area contributed by atoms with Gasteiger partial charge in [-0.3, -0.25) is 0 Å². The molecule has 1 aliphatic heterocycles. The predicted molar refractivity (Wildman–Crippen MR) is 80.4 cm³/mol. The lowest BCUT2D eigenvalue weighted by Crippen LogP contribution is -2.45. The van der Waals surface area contributed by atoms with Crippen LogP contribution in [0, 0.1) is 5.41 Å². The van der Waals surface area contributed by atoms with Gasteiger partial charge in [0.2, 0.25) is 0 Å². The Morgan fingerprint density at radius 3 is 2.67 bits per heavy atom. The van der Waals surface area contributed by atoms with Crippen molar-refractivity contribution in [3.05, 3.63) is 34.9 Å². The fraction of sp³-hybridized carbons (Fsp3) is 0.500. The predicted octanol–water partition coefficient (Wildman–Crippen LogP) is 2.50. The van der Waals surface area contributed by atoms with Gasteiger partial charge in [-0.15, -0.1) is 0 Å². The fourth-order valence-electron chi connectivity index (χ4n) is 2.44. The molecule has 0 atom stereocenters. The molecule has 5 nitrogen and oxygen atoms in total. The van der Waals surface area contributed by atoms with Gasteiger partial charge in [0.05, 0.1) is 5.56 Å². The second kappa shape index (κ2) is 5.76. The van der Waals surface area contributed by atoms with Gasteiger partial charge in [0.1, 0.15) is 0 Å². The average Bonchev–Trinajstić information content (AvgIpc) is 2.42. The van der Waals surface area contributed by atoms with E-state index in [4.69, 9.17) is 0 Å². The minimum absolute atomic E-state index is 0.0415. The van der Waals surface area contributed by atoms with E-state index in [2.05, 4.69) is 26.1 Å². The number of hydrogen-bond donors (Lipinski definition) is 2. The van der Waals surface area contributed by atoms with Crippen LogP contribution < -0.4 is 5.32 Å². The molecule has 114 valence electrons. The van der Waals surface area contributed by atoms with E-state index >= 15 is 0 Å². The van der Waals surface area contributed by atoms with E-state index in [0.717, 1.165) is 11.1 Å². The molecule has 5 heteroatoms. The summed E-state index contributed by atoms with van der Waals surface area (Å²) < 4.78 is 0. The number of amides is 2. The molecule has 2 rings (SSSR count). The maximum absolute atomic E-state index is 12.2. The number of fused-ring (bicyclic) bond motifs is 1. The van der Waals surface area contributed by atoms with Gasteiger partial charge in [-0.2, -0.15) is 0 Å². The van der Waals surface area contributed by atoms with Gasteiger partial charge in [0.15, 0.2) is 0 Å². The molecule has 21 heavy (non-hydrogen) atoms. The smallest absolute Gasteiger partial charge is 0.335 e. The van der Waals surface area contributed by atoms with Crippen molar-refractivity contribution in [3.63, 3.8) is 0 Å². The Kier molecular flexibility index (Phi) is 4.21. The Morgan fingerprint density at radius 2 is 2.05 bits per heavy atom. The molecule has 0 saturated heterocycles. The van der Waals surface area contributed by atoms with E-state index < -0.39 is 5.97 Å². The molecule has 2 amide bonds. The summed E-state index contributed by atoms with van der Waals surface area (Å²) in [5.41, 5.74) is 2.17.